The summed E-state index contributed by atoms with van der Waals surface area (Å²) in [6.07, 6.45) is 8.54. The van der Waals surface area contributed by atoms with Gasteiger partial charge in [-0.1, -0.05) is 25.0 Å². The maximum atomic E-state index is 13.0. The van der Waals surface area contributed by atoms with Crippen molar-refractivity contribution in [2.45, 2.75) is 51.1 Å². The van der Waals surface area contributed by atoms with Crippen LogP contribution in [0, 0.1) is 5.92 Å². The zero-order valence-electron chi connectivity index (χ0n) is 15.3. The number of amides is 1. The molecule has 1 aromatic carbocycles. The van der Waals surface area contributed by atoms with E-state index in [0.29, 0.717) is 23.1 Å². The molecule has 0 spiro atoms. The number of para-hydroxylation sites is 1. The molecule has 2 fully saturated rings. The van der Waals surface area contributed by atoms with Gasteiger partial charge in [-0.25, -0.2) is 4.98 Å². The smallest absolute Gasteiger partial charge is 0.297 e. The van der Waals surface area contributed by atoms with Gasteiger partial charge in [-0.05, 0) is 43.7 Å². The van der Waals surface area contributed by atoms with Crippen LogP contribution in [-0.4, -0.2) is 32.9 Å². The van der Waals surface area contributed by atoms with Gasteiger partial charge in [0.15, 0.2) is 0 Å². The highest BCUT2D eigenvalue weighted by Gasteiger charge is 2.35. The zero-order chi connectivity index (χ0) is 18.4. The van der Waals surface area contributed by atoms with E-state index in [2.05, 4.69) is 4.98 Å². The Morgan fingerprint density at radius 2 is 1.96 bits per heavy atom. The third kappa shape index (κ3) is 2.74. The van der Waals surface area contributed by atoms with Crippen LogP contribution in [0.25, 0.3) is 22.1 Å². The molecule has 2 atom stereocenters. The van der Waals surface area contributed by atoms with Crippen molar-refractivity contribution in [3.05, 3.63) is 40.9 Å². The standard InChI is InChI=1S/C21H23N3O3/c25-18(24-11-5-7-14-6-1-3-9-16(14)24)12-23-13-22-19-15-8-2-4-10-17(15)27-20(19)21(23)26/h2,4,8,10,13-14,16H,1,3,5-7,9,11-12H2. The quantitative estimate of drug-likeness (QED) is 0.699. The van der Waals surface area contributed by atoms with Crippen molar-refractivity contribution >= 4 is 28.0 Å². The number of fused-ring (bicyclic) bond motifs is 4. The van der Waals surface area contributed by atoms with Gasteiger partial charge >= 0.3 is 0 Å². The third-order valence-electron chi connectivity index (χ3n) is 6.22. The summed E-state index contributed by atoms with van der Waals surface area (Å²) in [6.45, 7) is 0.830. The molecule has 2 unspecified atom stereocenters. The summed E-state index contributed by atoms with van der Waals surface area (Å²) < 4.78 is 7.10. The largest absolute Gasteiger partial charge is 0.448 e. The van der Waals surface area contributed by atoms with Crippen molar-refractivity contribution in [2.75, 3.05) is 6.54 Å². The molecule has 6 heteroatoms. The highest BCUT2D eigenvalue weighted by molar-refractivity contribution is 6.01. The highest BCUT2D eigenvalue weighted by atomic mass is 16.3. The summed E-state index contributed by atoms with van der Waals surface area (Å²) >= 11 is 0. The molecule has 1 saturated heterocycles. The lowest BCUT2D eigenvalue weighted by Crippen LogP contribution is -2.51. The van der Waals surface area contributed by atoms with E-state index in [1.54, 1.807) is 0 Å². The van der Waals surface area contributed by atoms with Gasteiger partial charge < -0.3 is 9.32 Å². The van der Waals surface area contributed by atoms with Crippen molar-refractivity contribution in [1.29, 1.82) is 0 Å². The second-order valence-electron chi connectivity index (χ2n) is 7.79. The minimum atomic E-state index is -0.290. The summed E-state index contributed by atoms with van der Waals surface area (Å²) in [6, 6.07) is 7.82. The van der Waals surface area contributed by atoms with Crippen LogP contribution < -0.4 is 5.56 Å². The van der Waals surface area contributed by atoms with Crippen molar-refractivity contribution in [3.63, 3.8) is 0 Å². The SMILES string of the molecule is O=C(Cn1cnc2c(oc3ccccc32)c1=O)N1CCCC2CCCCC21. The minimum Gasteiger partial charge on any atom is -0.448 e. The fraction of sp³-hybridized carbons (Fsp3) is 0.476. The Labute approximate surface area is 156 Å². The molecule has 0 N–H and O–H groups in total. The van der Waals surface area contributed by atoms with Crippen LogP contribution in [0.3, 0.4) is 0 Å². The second kappa shape index (κ2) is 6.51. The van der Waals surface area contributed by atoms with Crippen LogP contribution in [0.15, 0.2) is 39.8 Å². The average Bonchev–Trinajstić information content (AvgIpc) is 3.09. The van der Waals surface area contributed by atoms with Gasteiger partial charge in [0.05, 0.1) is 6.33 Å². The molecule has 2 aromatic heterocycles. The number of hydrogen-bond acceptors (Lipinski definition) is 4. The number of furan rings is 1. The van der Waals surface area contributed by atoms with E-state index in [4.69, 9.17) is 4.42 Å². The van der Waals surface area contributed by atoms with Gasteiger partial charge in [-0.3, -0.25) is 14.2 Å². The Morgan fingerprint density at radius 1 is 1.15 bits per heavy atom. The zero-order valence-corrected chi connectivity index (χ0v) is 15.3. The summed E-state index contributed by atoms with van der Waals surface area (Å²) in [5.74, 6) is 0.648. The first-order chi connectivity index (χ1) is 13.2. The van der Waals surface area contributed by atoms with E-state index in [0.717, 1.165) is 24.8 Å². The first-order valence-electron chi connectivity index (χ1n) is 9.88. The molecule has 1 amide bonds. The molecular weight excluding hydrogens is 342 g/mol. The lowest BCUT2D eigenvalue weighted by atomic mass is 9.78. The van der Waals surface area contributed by atoms with Crippen LogP contribution in [0.2, 0.25) is 0 Å². The Hall–Kier alpha value is -2.63. The fourth-order valence-electron chi connectivity index (χ4n) is 4.90. The van der Waals surface area contributed by atoms with Gasteiger partial charge in [0.25, 0.3) is 5.56 Å². The van der Waals surface area contributed by atoms with Crippen LogP contribution in [0.1, 0.15) is 38.5 Å². The van der Waals surface area contributed by atoms with Crippen LogP contribution >= 0.6 is 0 Å². The lowest BCUT2D eigenvalue weighted by Gasteiger charge is -2.44. The first-order valence-corrected chi connectivity index (χ1v) is 9.88. The number of aromatic nitrogens is 2. The molecule has 140 valence electrons. The predicted molar refractivity (Wildman–Crippen MR) is 102 cm³/mol. The molecule has 1 aliphatic carbocycles. The summed E-state index contributed by atoms with van der Waals surface area (Å²) in [5.41, 5.74) is 1.13. The molecule has 1 saturated carbocycles. The molecule has 3 aromatic rings. The van der Waals surface area contributed by atoms with E-state index in [9.17, 15) is 9.59 Å². The number of carbonyl (C=O) groups excluding carboxylic acids is 1. The number of carbonyl (C=O) groups is 1. The summed E-state index contributed by atoms with van der Waals surface area (Å²) in [4.78, 5) is 32.3. The highest BCUT2D eigenvalue weighted by Crippen LogP contribution is 2.35. The predicted octanol–water partition coefficient (Wildman–Crippen LogP) is 3.32. The molecule has 0 bridgehead atoms. The van der Waals surface area contributed by atoms with E-state index >= 15 is 0 Å². The number of rotatable bonds is 2. The van der Waals surface area contributed by atoms with E-state index in [1.165, 1.54) is 36.6 Å². The van der Waals surface area contributed by atoms with Crippen molar-refractivity contribution < 1.29 is 9.21 Å². The van der Waals surface area contributed by atoms with E-state index < -0.39 is 0 Å². The van der Waals surface area contributed by atoms with Crippen molar-refractivity contribution in [3.8, 4) is 0 Å². The maximum Gasteiger partial charge on any atom is 0.297 e. The molecule has 27 heavy (non-hydrogen) atoms. The van der Waals surface area contributed by atoms with Crippen LogP contribution in [-0.2, 0) is 11.3 Å². The summed E-state index contributed by atoms with van der Waals surface area (Å²) in [7, 11) is 0. The Morgan fingerprint density at radius 3 is 2.89 bits per heavy atom. The van der Waals surface area contributed by atoms with E-state index in [-0.39, 0.29) is 23.6 Å². The number of nitrogens with zero attached hydrogens (tertiary/aromatic N) is 3. The third-order valence-corrected chi connectivity index (χ3v) is 6.22. The Bertz CT molecular complexity index is 1070. The number of piperidine rings is 1. The average molecular weight is 365 g/mol. The fourth-order valence-corrected chi connectivity index (χ4v) is 4.90. The lowest BCUT2D eigenvalue weighted by molar-refractivity contribution is -0.138. The number of benzene rings is 1. The Kier molecular flexibility index (Phi) is 3.99. The maximum absolute atomic E-state index is 13.0. The van der Waals surface area contributed by atoms with Gasteiger partial charge in [0.1, 0.15) is 17.6 Å². The molecule has 6 nitrogen and oxygen atoms in total. The van der Waals surface area contributed by atoms with Crippen LogP contribution in [0.5, 0.6) is 0 Å². The molecule has 2 aliphatic rings. The normalized spacial score (nSPS) is 22.9. The molecular formula is C21H23N3O3. The summed E-state index contributed by atoms with van der Waals surface area (Å²) in [5, 5.41) is 0.823. The Balaban J connectivity index is 1.45. The van der Waals surface area contributed by atoms with Crippen LogP contribution in [0.4, 0.5) is 0 Å². The number of likely N-dealkylation sites (tertiary alicyclic amines) is 1. The second-order valence-corrected chi connectivity index (χ2v) is 7.79. The molecule has 5 rings (SSSR count). The van der Waals surface area contributed by atoms with Crippen molar-refractivity contribution in [2.24, 2.45) is 5.92 Å². The van der Waals surface area contributed by atoms with Gasteiger partial charge in [-0.2, -0.15) is 0 Å². The monoisotopic (exact) mass is 365 g/mol. The topological polar surface area (TPSA) is 68.3 Å². The van der Waals surface area contributed by atoms with Crippen molar-refractivity contribution in [1.82, 2.24) is 14.5 Å². The molecule has 0 radical (unpaired) electrons. The number of hydrogen-bond donors (Lipinski definition) is 0. The first kappa shape index (κ1) is 16.5. The minimum absolute atomic E-state index is 0.0194. The van der Waals surface area contributed by atoms with Gasteiger partial charge in [-0.15, -0.1) is 0 Å². The molecule has 3 heterocycles. The van der Waals surface area contributed by atoms with Gasteiger partial charge in [0, 0.05) is 18.0 Å². The van der Waals surface area contributed by atoms with Gasteiger partial charge in [0.2, 0.25) is 11.5 Å². The molecule has 1 aliphatic heterocycles. The van der Waals surface area contributed by atoms with E-state index in [1.807, 2.05) is 29.2 Å².